The molecule has 1 amide bonds. The summed E-state index contributed by atoms with van der Waals surface area (Å²) in [5.74, 6) is 0.519. The van der Waals surface area contributed by atoms with Crippen molar-refractivity contribution in [1.82, 2.24) is 15.2 Å². The summed E-state index contributed by atoms with van der Waals surface area (Å²) in [5.41, 5.74) is 4.31. The number of likely N-dealkylation sites (N-methyl/N-ethyl adjacent to an activating group) is 1. The third-order valence-electron chi connectivity index (χ3n) is 6.11. The van der Waals surface area contributed by atoms with E-state index in [1.165, 1.54) is 16.5 Å². The van der Waals surface area contributed by atoms with Gasteiger partial charge in [-0.25, -0.2) is 0 Å². The first-order chi connectivity index (χ1) is 12.3. The van der Waals surface area contributed by atoms with E-state index in [1.807, 2.05) is 20.8 Å². The normalized spacial score (nSPS) is 26.0. The summed E-state index contributed by atoms with van der Waals surface area (Å²) in [5, 5.41) is 14.3. The lowest BCUT2D eigenvalue weighted by Crippen LogP contribution is -2.56. The number of H-pyrrole nitrogens is 1. The number of amides is 1. The number of piperidine rings is 1. The highest BCUT2D eigenvalue weighted by atomic mass is 16.3. The van der Waals surface area contributed by atoms with Crippen LogP contribution in [0.3, 0.4) is 0 Å². The van der Waals surface area contributed by atoms with E-state index in [4.69, 9.17) is 0 Å². The minimum Gasteiger partial charge on any atom is -0.390 e. The molecule has 3 atom stereocenters. The highest BCUT2D eigenvalue weighted by Crippen LogP contribution is 2.44. The van der Waals surface area contributed by atoms with Crippen LogP contribution in [0.1, 0.15) is 49.9 Å². The lowest BCUT2D eigenvalue weighted by atomic mass is 9.73. The summed E-state index contributed by atoms with van der Waals surface area (Å²) in [6.07, 6.45) is 1.92. The lowest BCUT2D eigenvalue weighted by molar-refractivity contribution is -0.129. The van der Waals surface area contributed by atoms with Gasteiger partial charge in [0.1, 0.15) is 0 Å². The van der Waals surface area contributed by atoms with Crippen LogP contribution >= 0.6 is 0 Å². The number of hydrogen-bond acceptors (Lipinski definition) is 3. The van der Waals surface area contributed by atoms with Crippen LogP contribution in [0.15, 0.2) is 18.2 Å². The Morgan fingerprint density at radius 2 is 2.15 bits per heavy atom. The number of hydrogen-bond donors (Lipinski definition) is 3. The zero-order valence-corrected chi connectivity index (χ0v) is 16.1. The van der Waals surface area contributed by atoms with Crippen LogP contribution in [0.5, 0.6) is 0 Å². The molecule has 0 unspecified atom stereocenters. The first kappa shape index (κ1) is 17.6. The molecule has 1 aromatic heterocycles. The lowest BCUT2D eigenvalue weighted by Gasteiger charge is -2.46. The summed E-state index contributed by atoms with van der Waals surface area (Å²) in [6, 6.07) is 6.99. The molecule has 3 N–H and O–H groups in total. The van der Waals surface area contributed by atoms with Gasteiger partial charge >= 0.3 is 0 Å². The van der Waals surface area contributed by atoms with Gasteiger partial charge in [-0.3, -0.25) is 4.79 Å². The number of carbonyl (C=O) groups excluding carboxylic acids is 1. The molecule has 0 spiro atoms. The number of aliphatic hydroxyl groups is 1. The van der Waals surface area contributed by atoms with E-state index < -0.39 is 0 Å². The van der Waals surface area contributed by atoms with Crippen LogP contribution in [-0.2, 0) is 17.8 Å². The van der Waals surface area contributed by atoms with Crippen molar-refractivity contribution in [3.63, 3.8) is 0 Å². The Kier molecular flexibility index (Phi) is 4.12. The number of rotatable bonds is 2. The van der Waals surface area contributed by atoms with Crippen molar-refractivity contribution >= 4 is 16.8 Å². The molecule has 5 nitrogen and oxygen atoms in total. The molecular formula is C21H29N3O2. The summed E-state index contributed by atoms with van der Waals surface area (Å²) in [6.45, 7) is 6.80. The van der Waals surface area contributed by atoms with Gasteiger partial charge in [0.05, 0.1) is 6.61 Å². The van der Waals surface area contributed by atoms with Crippen LogP contribution < -0.4 is 5.32 Å². The average Bonchev–Trinajstić information content (AvgIpc) is 2.94. The standard InChI is InChI=1S/C21H29N3O2/c1-21(2,3)20(26)22-12-8-14-13-6-5-7-16-19(13)15(17(11-25)23-16)9-18(14)24(4)10-12/h5-7,12,14,18,23,25H,8-11H2,1-4H3,(H,22,26)/t12-,14+,18+/m0/s1. The zero-order chi connectivity index (χ0) is 18.6. The van der Waals surface area contributed by atoms with Gasteiger partial charge in [0, 0.05) is 46.6 Å². The van der Waals surface area contributed by atoms with Crippen LogP contribution in [0.2, 0.25) is 0 Å². The van der Waals surface area contributed by atoms with Gasteiger partial charge in [0.25, 0.3) is 0 Å². The summed E-state index contributed by atoms with van der Waals surface area (Å²) >= 11 is 0. The molecule has 0 saturated carbocycles. The van der Waals surface area contributed by atoms with Crippen molar-refractivity contribution in [2.75, 3.05) is 13.6 Å². The van der Waals surface area contributed by atoms with Gasteiger partial charge in [-0.05, 0) is 37.1 Å². The van der Waals surface area contributed by atoms with E-state index in [9.17, 15) is 9.90 Å². The molecule has 0 bridgehead atoms. The Balaban J connectivity index is 1.69. The van der Waals surface area contributed by atoms with Gasteiger partial charge in [-0.15, -0.1) is 0 Å². The third-order valence-corrected chi connectivity index (χ3v) is 6.11. The highest BCUT2D eigenvalue weighted by molar-refractivity contribution is 5.89. The number of aliphatic hydroxyl groups excluding tert-OH is 1. The first-order valence-corrected chi connectivity index (χ1v) is 9.54. The number of aromatic nitrogens is 1. The van der Waals surface area contributed by atoms with E-state index in [0.29, 0.717) is 12.0 Å². The molecule has 1 fully saturated rings. The number of fused-ring (bicyclic) bond motifs is 2. The van der Waals surface area contributed by atoms with Crippen molar-refractivity contribution in [3.05, 3.63) is 35.0 Å². The summed E-state index contributed by atoms with van der Waals surface area (Å²) < 4.78 is 0. The third kappa shape index (κ3) is 2.74. The number of nitrogens with zero attached hydrogens (tertiary/aromatic N) is 1. The molecule has 1 aliphatic heterocycles. The molecule has 1 saturated heterocycles. The fourth-order valence-corrected chi connectivity index (χ4v) is 4.75. The first-order valence-electron chi connectivity index (χ1n) is 9.54. The molecule has 2 heterocycles. The van der Waals surface area contributed by atoms with E-state index in [1.54, 1.807) is 0 Å². The van der Waals surface area contributed by atoms with E-state index >= 15 is 0 Å². The Morgan fingerprint density at radius 1 is 1.38 bits per heavy atom. The fourth-order valence-electron chi connectivity index (χ4n) is 4.75. The maximum atomic E-state index is 12.5. The van der Waals surface area contributed by atoms with Crippen LogP contribution in [0, 0.1) is 5.41 Å². The Labute approximate surface area is 154 Å². The highest BCUT2D eigenvalue weighted by Gasteiger charge is 2.41. The number of nitrogens with one attached hydrogen (secondary N) is 2. The Morgan fingerprint density at radius 3 is 2.85 bits per heavy atom. The molecule has 26 heavy (non-hydrogen) atoms. The molecule has 5 heteroatoms. The minimum atomic E-state index is -0.369. The summed E-state index contributed by atoms with van der Waals surface area (Å²) in [4.78, 5) is 18.3. The fraction of sp³-hybridized carbons (Fsp3) is 0.571. The number of carbonyl (C=O) groups is 1. The smallest absolute Gasteiger partial charge is 0.225 e. The van der Waals surface area contributed by atoms with Crippen molar-refractivity contribution in [1.29, 1.82) is 0 Å². The molecule has 1 aromatic carbocycles. The van der Waals surface area contributed by atoms with Crippen LogP contribution in [0.4, 0.5) is 0 Å². The van der Waals surface area contributed by atoms with Crippen molar-refractivity contribution < 1.29 is 9.90 Å². The number of likely N-dealkylation sites (tertiary alicyclic amines) is 1. The predicted molar refractivity (Wildman–Crippen MR) is 103 cm³/mol. The van der Waals surface area contributed by atoms with Gasteiger partial charge in [-0.1, -0.05) is 32.9 Å². The second kappa shape index (κ2) is 6.10. The second-order valence-corrected chi connectivity index (χ2v) is 8.98. The van der Waals surface area contributed by atoms with Crippen LogP contribution in [-0.4, -0.2) is 46.6 Å². The molecular weight excluding hydrogens is 326 g/mol. The van der Waals surface area contributed by atoms with Gasteiger partial charge < -0.3 is 20.3 Å². The molecule has 1 aliphatic carbocycles. The SMILES string of the molecule is CN1C[C@@H](NC(=O)C(C)(C)C)C[C@@H]2c3cccc4[nH]c(CO)c(c34)C[C@H]21. The monoisotopic (exact) mass is 355 g/mol. The molecule has 0 radical (unpaired) electrons. The number of benzene rings is 1. The number of aromatic amines is 1. The van der Waals surface area contributed by atoms with E-state index in [0.717, 1.165) is 30.6 Å². The molecule has 4 rings (SSSR count). The second-order valence-electron chi connectivity index (χ2n) is 8.98. The van der Waals surface area contributed by atoms with Gasteiger partial charge in [-0.2, -0.15) is 0 Å². The Hall–Kier alpha value is -1.85. The quantitative estimate of drug-likeness (QED) is 0.775. The Bertz CT molecular complexity index is 849. The minimum absolute atomic E-state index is 0.0504. The maximum Gasteiger partial charge on any atom is 0.225 e. The maximum absolute atomic E-state index is 12.5. The van der Waals surface area contributed by atoms with Crippen molar-refractivity contribution in [3.8, 4) is 0 Å². The van der Waals surface area contributed by atoms with E-state index in [2.05, 4.69) is 40.4 Å². The molecule has 140 valence electrons. The van der Waals surface area contributed by atoms with Gasteiger partial charge in [0.2, 0.25) is 5.91 Å². The topological polar surface area (TPSA) is 68.4 Å². The average molecular weight is 355 g/mol. The zero-order valence-electron chi connectivity index (χ0n) is 16.1. The summed E-state index contributed by atoms with van der Waals surface area (Å²) in [7, 11) is 2.16. The van der Waals surface area contributed by atoms with E-state index in [-0.39, 0.29) is 24.0 Å². The largest absolute Gasteiger partial charge is 0.390 e. The molecule has 2 aromatic rings. The molecule has 2 aliphatic rings. The predicted octanol–water partition coefficient (Wildman–Crippen LogP) is 2.53. The van der Waals surface area contributed by atoms with Gasteiger partial charge in [0.15, 0.2) is 0 Å². The van der Waals surface area contributed by atoms with Crippen molar-refractivity contribution in [2.24, 2.45) is 5.41 Å². The van der Waals surface area contributed by atoms with Crippen LogP contribution in [0.25, 0.3) is 10.9 Å². The van der Waals surface area contributed by atoms with Crippen molar-refractivity contribution in [2.45, 2.75) is 58.2 Å².